The SMILES string of the molecule is CC(C)NC(=O)CSc1nnccc1C(=N)N. The van der Waals surface area contributed by atoms with E-state index in [0.717, 1.165) is 0 Å². The average molecular weight is 253 g/mol. The Morgan fingerprint density at radius 1 is 1.65 bits per heavy atom. The molecule has 1 amide bonds. The van der Waals surface area contributed by atoms with E-state index in [4.69, 9.17) is 11.1 Å². The topological polar surface area (TPSA) is 105 Å². The molecule has 92 valence electrons. The van der Waals surface area contributed by atoms with Crippen LogP contribution >= 0.6 is 11.8 Å². The predicted molar refractivity (Wildman–Crippen MR) is 67.1 cm³/mol. The minimum atomic E-state index is -0.0786. The van der Waals surface area contributed by atoms with Crippen molar-refractivity contribution in [2.45, 2.75) is 24.9 Å². The molecule has 0 aliphatic heterocycles. The van der Waals surface area contributed by atoms with Crippen molar-refractivity contribution in [3.8, 4) is 0 Å². The zero-order valence-corrected chi connectivity index (χ0v) is 10.5. The van der Waals surface area contributed by atoms with Gasteiger partial charge in [0, 0.05) is 6.04 Å². The van der Waals surface area contributed by atoms with Gasteiger partial charge in [-0.05, 0) is 19.9 Å². The highest BCUT2D eigenvalue weighted by molar-refractivity contribution is 8.00. The number of hydrogen-bond donors (Lipinski definition) is 3. The van der Waals surface area contributed by atoms with Gasteiger partial charge in [-0.3, -0.25) is 10.2 Å². The number of nitrogen functional groups attached to an aromatic ring is 1. The number of carbonyl (C=O) groups is 1. The number of thioether (sulfide) groups is 1. The number of rotatable bonds is 5. The van der Waals surface area contributed by atoms with Gasteiger partial charge in [0.05, 0.1) is 17.5 Å². The molecule has 1 aromatic rings. The summed E-state index contributed by atoms with van der Waals surface area (Å²) in [6.45, 7) is 3.79. The lowest BCUT2D eigenvalue weighted by Crippen LogP contribution is -2.31. The van der Waals surface area contributed by atoms with Crippen LogP contribution in [0.1, 0.15) is 19.4 Å². The van der Waals surface area contributed by atoms with Crippen LogP contribution in [0.5, 0.6) is 0 Å². The second-order valence-electron chi connectivity index (χ2n) is 3.67. The molecule has 1 rings (SSSR count). The number of carbonyl (C=O) groups excluding carboxylic acids is 1. The highest BCUT2D eigenvalue weighted by atomic mass is 32.2. The fourth-order valence-electron chi connectivity index (χ4n) is 1.13. The van der Waals surface area contributed by atoms with Gasteiger partial charge in [0.15, 0.2) is 0 Å². The molecule has 0 bridgehead atoms. The van der Waals surface area contributed by atoms with Gasteiger partial charge in [-0.25, -0.2) is 0 Å². The molecular weight excluding hydrogens is 238 g/mol. The molecule has 4 N–H and O–H groups in total. The molecule has 0 spiro atoms. The van der Waals surface area contributed by atoms with E-state index in [1.807, 2.05) is 13.8 Å². The van der Waals surface area contributed by atoms with Crippen LogP contribution in [0.3, 0.4) is 0 Å². The first kappa shape index (κ1) is 13.4. The molecule has 0 atom stereocenters. The van der Waals surface area contributed by atoms with E-state index in [-0.39, 0.29) is 23.5 Å². The van der Waals surface area contributed by atoms with Gasteiger partial charge >= 0.3 is 0 Å². The van der Waals surface area contributed by atoms with Gasteiger partial charge in [0.25, 0.3) is 0 Å². The summed E-state index contributed by atoms with van der Waals surface area (Å²) in [5.41, 5.74) is 5.91. The Hall–Kier alpha value is -1.63. The molecule has 0 radical (unpaired) electrons. The molecule has 0 aliphatic rings. The van der Waals surface area contributed by atoms with Crippen LogP contribution in [0.2, 0.25) is 0 Å². The monoisotopic (exact) mass is 253 g/mol. The van der Waals surface area contributed by atoms with Gasteiger partial charge in [0.1, 0.15) is 10.9 Å². The van der Waals surface area contributed by atoms with Crippen molar-refractivity contribution >= 4 is 23.5 Å². The number of nitrogens with two attached hydrogens (primary N) is 1. The van der Waals surface area contributed by atoms with E-state index in [9.17, 15) is 4.79 Å². The Morgan fingerprint density at radius 2 is 2.35 bits per heavy atom. The Bertz CT molecular complexity index is 421. The van der Waals surface area contributed by atoms with Crippen molar-refractivity contribution in [2.75, 3.05) is 5.75 Å². The summed E-state index contributed by atoms with van der Waals surface area (Å²) in [5.74, 6) is 0.0776. The van der Waals surface area contributed by atoms with Gasteiger partial charge in [-0.1, -0.05) is 11.8 Å². The van der Waals surface area contributed by atoms with Gasteiger partial charge in [-0.15, -0.1) is 5.10 Å². The summed E-state index contributed by atoms with van der Waals surface area (Å²) in [4.78, 5) is 11.4. The highest BCUT2D eigenvalue weighted by Crippen LogP contribution is 2.18. The number of amides is 1. The predicted octanol–water partition coefficient (Wildman–Crippen LogP) is 0.377. The summed E-state index contributed by atoms with van der Waals surface area (Å²) >= 11 is 1.22. The number of nitrogens with zero attached hydrogens (tertiary/aromatic N) is 2. The fourth-order valence-corrected chi connectivity index (χ4v) is 1.92. The van der Waals surface area contributed by atoms with Crippen LogP contribution in [0.15, 0.2) is 17.3 Å². The third-order valence-corrected chi connectivity index (χ3v) is 2.75. The molecule has 17 heavy (non-hydrogen) atoms. The van der Waals surface area contributed by atoms with Crippen LogP contribution in [-0.4, -0.2) is 33.7 Å². The van der Waals surface area contributed by atoms with E-state index in [1.165, 1.54) is 18.0 Å². The molecular formula is C10H15N5OS. The Balaban J connectivity index is 2.63. The first-order chi connectivity index (χ1) is 8.00. The summed E-state index contributed by atoms with van der Waals surface area (Å²) in [6, 6.07) is 1.72. The smallest absolute Gasteiger partial charge is 0.230 e. The van der Waals surface area contributed by atoms with Crippen LogP contribution in [0.4, 0.5) is 0 Å². The van der Waals surface area contributed by atoms with Crippen molar-refractivity contribution < 1.29 is 4.79 Å². The van der Waals surface area contributed by atoms with Gasteiger partial charge in [0.2, 0.25) is 5.91 Å². The van der Waals surface area contributed by atoms with Gasteiger partial charge in [-0.2, -0.15) is 5.10 Å². The number of amidine groups is 1. The minimum Gasteiger partial charge on any atom is -0.384 e. The third kappa shape index (κ3) is 4.39. The second-order valence-corrected chi connectivity index (χ2v) is 4.64. The Labute approximate surface area is 104 Å². The number of nitrogens with one attached hydrogen (secondary N) is 2. The van der Waals surface area contributed by atoms with Crippen molar-refractivity contribution in [1.82, 2.24) is 15.5 Å². The maximum absolute atomic E-state index is 11.4. The van der Waals surface area contributed by atoms with Crippen LogP contribution < -0.4 is 11.1 Å². The first-order valence-electron chi connectivity index (χ1n) is 5.09. The zero-order chi connectivity index (χ0) is 12.8. The lowest BCUT2D eigenvalue weighted by atomic mass is 10.3. The van der Waals surface area contributed by atoms with Crippen molar-refractivity contribution in [3.05, 3.63) is 17.8 Å². The molecule has 0 aliphatic carbocycles. The standard InChI is InChI=1S/C10H15N5OS/c1-6(2)14-8(16)5-17-10-7(9(11)12)3-4-13-15-10/h3-4,6H,5H2,1-2H3,(H3,11,12)(H,14,16). The van der Waals surface area contributed by atoms with E-state index >= 15 is 0 Å². The van der Waals surface area contributed by atoms with Crippen LogP contribution in [0.25, 0.3) is 0 Å². The quantitative estimate of drug-likeness (QED) is 0.399. The highest BCUT2D eigenvalue weighted by Gasteiger charge is 2.10. The first-order valence-corrected chi connectivity index (χ1v) is 6.07. The number of aromatic nitrogens is 2. The molecule has 6 nitrogen and oxygen atoms in total. The Kier molecular flexibility index (Phi) is 4.89. The number of hydrogen-bond acceptors (Lipinski definition) is 5. The van der Waals surface area contributed by atoms with E-state index < -0.39 is 0 Å². The molecule has 0 fully saturated rings. The van der Waals surface area contributed by atoms with E-state index in [2.05, 4.69) is 15.5 Å². The maximum atomic E-state index is 11.4. The van der Waals surface area contributed by atoms with Crippen molar-refractivity contribution in [2.24, 2.45) is 5.73 Å². The second kappa shape index (κ2) is 6.19. The molecule has 0 saturated carbocycles. The molecule has 0 saturated heterocycles. The fraction of sp³-hybridized carbons (Fsp3) is 0.400. The minimum absolute atomic E-state index is 0.0772. The van der Waals surface area contributed by atoms with Crippen molar-refractivity contribution in [3.63, 3.8) is 0 Å². The molecule has 1 heterocycles. The summed E-state index contributed by atoms with van der Waals surface area (Å²) < 4.78 is 0. The van der Waals surface area contributed by atoms with Crippen molar-refractivity contribution in [1.29, 1.82) is 5.41 Å². The largest absolute Gasteiger partial charge is 0.384 e. The molecule has 1 aromatic heterocycles. The lowest BCUT2D eigenvalue weighted by Gasteiger charge is -2.08. The van der Waals surface area contributed by atoms with Gasteiger partial charge < -0.3 is 11.1 Å². The normalized spacial score (nSPS) is 10.3. The summed E-state index contributed by atoms with van der Waals surface area (Å²) in [6.07, 6.45) is 1.47. The Morgan fingerprint density at radius 3 is 2.94 bits per heavy atom. The van der Waals surface area contributed by atoms with Crippen LogP contribution in [0, 0.1) is 5.41 Å². The molecule has 0 unspecified atom stereocenters. The van der Waals surface area contributed by atoms with Crippen LogP contribution in [-0.2, 0) is 4.79 Å². The zero-order valence-electron chi connectivity index (χ0n) is 9.73. The summed E-state index contributed by atoms with van der Waals surface area (Å²) in [7, 11) is 0. The molecule has 7 heteroatoms. The third-order valence-electron chi connectivity index (χ3n) is 1.77. The van der Waals surface area contributed by atoms with E-state index in [0.29, 0.717) is 10.6 Å². The summed E-state index contributed by atoms with van der Waals surface area (Å²) in [5, 5.41) is 18.2. The lowest BCUT2D eigenvalue weighted by molar-refractivity contribution is -0.119. The van der Waals surface area contributed by atoms with E-state index in [1.54, 1.807) is 6.07 Å². The average Bonchev–Trinajstić information content (AvgIpc) is 2.25. The maximum Gasteiger partial charge on any atom is 0.230 e. The molecule has 0 aromatic carbocycles.